The molecule has 3 rings (SSSR count). The molecule has 0 unspecified atom stereocenters. The minimum atomic E-state index is 0.0710. The van der Waals surface area contributed by atoms with Gasteiger partial charge in [-0.15, -0.1) is 0 Å². The molecule has 0 spiro atoms. The van der Waals surface area contributed by atoms with E-state index in [0.717, 1.165) is 37.9 Å². The van der Waals surface area contributed by atoms with Crippen LogP contribution in [0.1, 0.15) is 55.7 Å². The molecule has 138 valence electrons. The van der Waals surface area contributed by atoms with Gasteiger partial charge in [-0.2, -0.15) is 5.10 Å². The van der Waals surface area contributed by atoms with Gasteiger partial charge in [-0.25, -0.2) is 0 Å². The number of carbonyl (C=O) groups excluding carboxylic acids is 2. The van der Waals surface area contributed by atoms with E-state index < -0.39 is 0 Å². The molecule has 3 heterocycles. The summed E-state index contributed by atoms with van der Waals surface area (Å²) < 4.78 is 1.72. The summed E-state index contributed by atoms with van der Waals surface area (Å²) in [6.07, 6.45) is 4.34. The van der Waals surface area contributed by atoms with Crippen LogP contribution in [0.25, 0.3) is 0 Å². The zero-order chi connectivity index (χ0) is 18.1. The maximum atomic E-state index is 13.0. The monoisotopic (exact) mass is 346 g/mol. The zero-order valence-electron chi connectivity index (χ0n) is 15.9. The lowest BCUT2D eigenvalue weighted by Gasteiger charge is -2.41. The van der Waals surface area contributed by atoms with E-state index in [4.69, 9.17) is 0 Å². The van der Waals surface area contributed by atoms with Crippen molar-refractivity contribution < 1.29 is 9.59 Å². The summed E-state index contributed by atoms with van der Waals surface area (Å²) in [6.45, 7) is 5.77. The van der Waals surface area contributed by atoms with Crippen LogP contribution in [-0.4, -0.2) is 57.6 Å². The van der Waals surface area contributed by atoms with Crippen molar-refractivity contribution in [3.05, 3.63) is 17.5 Å². The normalized spacial score (nSPS) is 24.4. The van der Waals surface area contributed by atoms with Crippen molar-refractivity contribution in [1.82, 2.24) is 19.6 Å². The second kappa shape index (κ2) is 7.18. The van der Waals surface area contributed by atoms with Crippen LogP contribution in [0.3, 0.4) is 0 Å². The molecule has 0 aliphatic carbocycles. The topological polar surface area (TPSA) is 58.4 Å². The van der Waals surface area contributed by atoms with Gasteiger partial charge < -0.3 is 9.80 Å². The first-order valence-electron chi connectivity index (χ1n) is 9.44. The Morgan fingerprint density at radius 3 is 2.80 bits per heavy atom. The number of fused-ring (bicyclic) bond motifs is 1. The fourth-order valence-electron chi connectivity index (χ4n) is 4.28. The molecule has 0 saturated carbocycles. The quantitative estimate of drug-likeness (QED) is 0.842. The third-order valence-electron chi connectivity index (χ3n) is 5.60. The highest BCUT2D eigenvalue weighted by atomic mass is 16.2. The number of rotatable bonds is 3. The van der Waals surface area contributed by atoms with Crippen molar-refractivity contribution in [3.8, 4) is 0 Å². The van der Waals surface area contributed by atoms with E-state index in [1.807, 2.05) is 30.0 Å². The number of likely N-dealkylation sites (tertiary alicyclic amines) is 2. The van der Waals surface area contributed by atoms with E-state index in [1.165, 1.54) is 0 Å². The summed E-state index contributed by atoms with van der Waals surface area (Å²) in [6, 6.07) is 2.22. The molecule has 2 saturated heterocycles. The van der Waals surface area contributed by atoms with Crippen LogP contribution in [0.15, 0.2) is 6.07 Å². The van der Waals surface area contributed by atoms with Crippen LogP contribution >= 0.6 is 0 Å². The molecule has 2 aliphatic heterocycles. The minimum absolute atomic E-state index is 0.0710. The maximum absolute atomic E-state index is 13.0. The van der Waals surface area contributed by atoms with Gasteiger partial charge in [0, 0.05) is 39.6 Å². The number of hydrogen-bond acceptors (Lipinski definition) is 3. The summed E-state index contributed by atoms with van der Waals surface area (Å²) in [5.74, 6) is 1.23. The van der Waals surface area contributed by atoms with Gasteiger partial charge in [0.05, 0.1) is 5.69 Å². The Morgan fingerprint density at radius 2 is 2.08 bits per heavy atom. The van der Waals surface area contributed by atoms with Gasteiger partial charge in [-0.05, 0) is 43.6 Å². The number of aromatic nitrogens is 2. The van der Waals surface area contributed by atoms with Crippen molar-refractivity contribution in [3.63, 3.8) is 0 Å². The molecule has 0 N–H and O–H groups in total. The number of nitrogens with zero attached hydrogens (tertiary/aromatic N) is 4. The van der Waals surface area contributed by atoms with Crippen molar-refractivity contribution in [1.29, 1.82) is 0 Å². The lowest BCUT2D eigenvalue weighted by molar-refractivity contribution is -0.132. The fraction of sp³-hybridized carbons (Fsp3) is 0.737. The molecule has 2 fully saturated rings. The Kier molecular flexibility index (Phi) is 5.16. The van der Waals surface area contributed by atoms with E-state index in [2.05, 4.69) is 18.9 Å². The third-order valence-corrected chi connectivity index (χ3v) is 5.60. The molecule has 6 heteroatoms. The standard InChI is InChI=1S/C19H30N4O2/c1-13(2)10-15-11-17(22(4)20-15)19(25)23-9-8-16-14(12-23)6-5-7-18(24)21(16)3/h11,13-14,16H,5-10,12H2,1-4H3/t14-,16+/m0/s1. The third kappa shape index (κ3) is 3.72. The Balaban J connectivity index is 1.72. The lowest BCUT2D eigenvalue weighted by Crippen LogP contribution is -2.52. The smallest absolute Gasteiger partial charge is 0.272 e. The highest BCUT2D eigenvalue weighted by Gasteiger charge is 2.37. The van der Waals surface area contributed by atoms with Crippen LogP contribution in [0.4, 0.5) is 0 Å². The molecule has 2 aliphatic rings. The van der Waals surface area contributed by atoms with Crippen molar-refractivity contribution in [2.75, 3.05) is 20.1 Å². The molecule has 0 bridgehead atoms. The summed E-state index contributed by atoms with van der Waals surface area (Å²) in [4.78, 5) is 29.0. The van der Waals surface area contributed by atoms with Gasteiger partial charge in [0.25, 0.3) is 5.91 Å². The molecule has 25 heavy (non-hydrogen) atoms. The molecule has 6 nitrogen and oxygen atoms in total. The first-order chi connectivity index (χ1) is 11.9. The SMILES string of the molecule is CC(C)Cc1cc(C(=O)N2CC[C@@H]3[C@@H](CCCC(=O)N3C)C2)n(C)n1. The molecular formula is C19H30N4O2. The molecule has 1 aromatic heterocycles. The number of hydrogen-bond donors (Lipinski definition) is 0. The van der Waals surface area contributed by atoms with Crippen LogP contribution in [0, 0.1) is 11.8 Å². The highest BCUT2D eigenvalue weighted by molar-refractivity contribution is 5.92. The largest absolute Gasteiger partial charge is 0.342 e. The van der Waals surface area contributed by atoms with Crippen LogP contribution < -0.4 is 0 Å². The molecule has 0 radical (unpaired) electrons. The maximum Gasteiger partial charge on any atom is 0.272 e. The van der Waals surface area contributed by atoms with E-state index in [9.17, 15) is 9.59 Å². The average Bonchev–Trinajstić information content (AvgIpc) is 2.85. The van der Waals surface area contributed by atoms with Gasteiger partial charge in [-0.3, -0.25) is 14.3 Å². The lowest BCUT2D eigenvalue weighted by atomic mass is 9.88. The second-order valence-electron chi connectivity index (χ2n) is 8.01. The molecule has 2 amide bonds. The minimum Gasteiger partial charge on any atom is -0.342 e. The molecular weight excluding hydrogens is 316 g/mol. The Labute approximate surface area is 150 Å². The van der Waals surface area contributed by atoms with Gasteiger partial charge in [0.1, 0.15) is 5.69 Å². The van der Waals surface area contributed by atoms with Gasteiger partial charge >= 0.3 is 0 Å². The second-order valence-corrected chi connectivity index (χ2v) is 8.01. The van der Waals surface area contributed by atoms with Gasteiger partial charge in [0.2, 0.25) is 5.91 Å². The van der Waals surface area contributed by atoms with E-state index in [0.29, 0.717) is 30.5 Å². The first-order valence-corrected chi connectivity index (χ1v) is 9.44. The predicted octanol–water partition coefficient (Wildman–Crippen LogP) is 2.09. The number of carbonyl (C=O) groups is 2. The van der Waals surface area contributed by atoms with Gasteiger partial charge in [0.15, 0.2) is 0 Å². The van der Waals surface area contributed by atoms with E-state index >= 15 is 0 Å². The highest BCUT2D eigenvalue weighted by Crippen LogP contribution is 2.30. The molecule has 0 aromatic carbocycles. The summed E-state index contributed by atoms with van der Waals surface area (Å²) in [5, 5.41) is 4.50. The summed E-state index contributed by atoms with van der Waals surface area (Å²) in [5.41, 5.74) is 1.66. The summed E-state index contributed by atoms with van der Waals surface area (Å²) in [7, 11) is 3.77. The van der Waals surface area contributed by atoms with Crippen LogP contribution in [-0.2, 0) is 18.3 Å². The van der Waals surface area contributed by atoms with E-state index in [-0.39, 0.29) is 17.9 Å². The number of aryl methyl sites for hydroxylation is 1. The van der Waals surface area contributed by atoms with Crippen molar-refractivity contribution >= 4 is 11.8 Å². The Hall–Kier alpha value is -1.85. The predicted molar refractivity (Wildman–Crippen MR) is 96.2 cm³/mol. The van der Waals surface area contributed by atoms with Crippen LogP contribution in [0.2, 0.25) is 0 Å². The van der Waals surface area contributed by atoms with Gasteiger partial charge in [-0.1, -0.05) is 13.8 Å². The molecule has 1 aromatic rings. The Morgan fingerprint density at radius 1 is 1.32 bits per heavy atom. The van der Waals surface area contributed by atoms with E-state index in [1.54, 1.807) is 4.68 Å². The average molecular weight is 346 g/mol. The fourth-order valence-corrected chi connectivity index (χ4v) is 4.28. The number of piperidine rings is 1. The summed E-state index contributed by atoms with van der Waals surface area (Å²) >= 11 is 0. The molecule has 2 atom stereocenters. The Bertz CT molecular complexity index is 652. The zero-order valence-corrected chi connectivity index (χ0v) is 15.9. The van der Waals surface area contributed by atoms with Crippen LogP contribution in [0.5, 0.6) is 0 Å². The van der Waals surface area contributed by atoms with Crippen molar-refractivity contribution in [2.24, 2.45) is 18.9 Å². The first kappa shape index (κ1) is 18.0. The number of amides is 2. The van der Waals surface area contributed by atoms with Crippen molar-refractivity contribution in [2.45, 2.75) is 52.0 Å².